The molecule has 2 fully saturated rings. The third-order valence-corrected chi connectivity index (χ3v) is 8.30. The molecule has 26 heavy (non-hydrogen) atoms. The zero-order valence-electron chi connectivity index (χ0n) is 14.5. The van der Waals surface area contributed by atoms with Crippen LogP contribution in [-0.4, -0.2) is 42.3 Å². The van der Waals surface area contributed by atoms with E-state index in [2.05, 4.69) is 4.99 Å². The molecular formula is C17H20ClFN2O3S2. The van der Waals surface area contributed by atoms with Crippen LogP contribution in [0.5, 0.6) is 0 Å². The summed E-state index contributed by atoms with van der Waals surface area (Å²) in [6, 6.07) is 3.94. The highest BCUT2D eigenvalue weighted by Gasteiger charge is 2.49. The molecular weight excluding hydrogens is 399 g/mol. The molecule has 2 atom stereocenters. The first kappa shape index (κ1) is 19.6. The Morgan fingerprint density at radius 3 is 2.69 bits per heavy atom. The maximum absolute atomic E-state index is 14.0. The van der Waals surface area contributed by atoms with Crippen LogP contribution in [0.1, 0.15) is 26.7 Å². The fourth-order valence-corrected chi connectivity index (χ4v) is 7.36. The number of anilines is 1. The van der Waals surface area contributed by atoms with E-state index in [0.717, 1.165) is 0 Å². The van der Waals surface area contributed by atoms with E-state index in [-0.39, 0.29) is 39.6 Å². The maximum atomic E-state index is 14.0. The molecule has 0 spiro atoms. The van der Waals surface area contributed by atoms with Crippen LogP contribution < -0.4 is 4.90 Å². The molecule has 1 aromatic rings. The zero-order valence-corrected chi connectivity index (χ0v) is 16.9. The van der Waals surface area contributed by atoms with E-state index in [9.17, 15) is 17.6 Å². The molecule has 2 aliphatic rings. The molecule has 0 bridgehead atoms. The van der Waals surface area contributed by atoms with Crippen molar-refractivity contribution in [1.29, 1.82) is 0 Å². The molecule has 2 saturated heterocycles. The quantitative estimate of drug-likeness (QED) is 0.748. The molecule has 0 radical (unpaired) electrons. The molecule has 9 heteroatoms. The summed E-state index contributed by atoms with van der Waals surface area (Å²) in [5, 5.41) is 0.211. The molecule has 2 aliphatic heterocycles. The van der Waals surface area contributed by atoms with Gasteiger partial charge >= 0.3 is 0 Å². The van der Waals surface area contributed by atoms with Gasteiger partial charge in [0.1, 0.15) is 5.82 Å². The van der Waals surface area contributed by atoms with Gasteiger partial charge in [-0.05, 0) is 31.0 Å². The zero-order chi connectivity index (χ0) is 19.1. The number of halogens is 2. The maximum Gasteiger partial charge on any atom is 0.251 e. The highest BCUT2D eigenvalue weighted by molar-refractivity contribution is 8.16. The minimum Gasteiger partial charge on any atom is -0.315 e. The summed E-state index contributed by atoms with van der Waals surface area (Å²) in [7, 11) is -3.16. The summed E-state index contributed by atoms with van der Waals surface area (Å²) in [6.07, 6.45) is 1.38. The number of thioether (sulfide) groups is 1. The molecule has 0 aliphatic carbocycles. The Morgan fingerprint density at radius 1 is 1.38 bits per heavy atom. The normalized spacial score (nSPS) is 25.9. The van der Waals surface area contributed by atoms with Crippen molar-refractivity contribution in [2.24, 2.45) is 10.9 Å². The van der Waals surface area contributed by atoms with Crippen molar-refractivity contribution < 1.29 is 17.6 Å². The van der Waals surface area contributed by atoms with Crippen LogP contribution in [0.15, 0.2) is 23.2 Å². The fourth-order valence-electron chi connectivity index (χ4n) is 3.32. The van der Waals surface area contributed by atoms with Crippen LogP contribution in [0, 0.1) is 11.7 Å². The van der Waals surface area contributed by atoms with E-state index >= 15 is 0 Å². The summed E-state index contributed by atoms with van der Waals surface area (Å²) in [5.74, 6) is -0.986. The Hall–Kier alpha value is -1.12. The van der Waals surface area contributed by atoms with Gasteiger partial charge in [-0.3, -0.25) is 4.79 Å². The summed E-state index contributed by atoms with van der Waals surface area (Å²) in [5.41, 5.74) is 0.458. The number of carbonyl (C=O) groups is 1. The molecule has 3 rings (SSSR count). The van der Waals surface area contributed by atoms with Gasteiger partial charge in [-0.15, -0.1) is 0 Å². The standard InChI is InChI=1S/C17H20ClFN2O3S2/c1-3-10(4-2)16(22)20-17-21(11-5-6-12(18)13(19)7-11)14-8-26(23,24)9-15(14)25-17/h5-7,10,14-15H,3-4,8-9H2,1-2H3. The van der Waals surface area contributed by atoms with Crippen molar-refractivity contribution in [3.8, 4) is 0 Å². The average molecular weight is 419 g/mol. The molecule has 2 unspecified atom stereocenters. The molecule has 2 heterocycles. The summed E-state index contributed by atoms with van der Waals surface area (Å²) in [6.45, 7) is 3.86. The second kappa shape index (κ2) is 7.48. The van der Waals surface area contributed by atoms with E-state index in [1.807, 2.05) is 13.8 Å². The van der Waals surface area contributed by atoms with Crippen molar-refractivity contribution in [3.63, 3.8) is 0 Å². The van der Waals surface area contributed by atoms with Gasteiger partial charge in [0.2, 0.25) is 0 Å². The van der Waals surface area contributed by atoms with Crippen LogP contribution >= 0.6 is 23.4 Å². The second-order valence-corrected chi connectivity index (χ2v) is 10.3. The monoisotopic (exact) mass is 418 g/mol. The Labute approximate surface area is 161 Å². The van der Waals surface area contributed by atoms with Crippen LogP contribution in [-0.2, 0) is 14.6 Å². The van der Waals surface area contributed by atoms with Crippen LogP contribution in [0.25, 0.3) is 0 Å². The third-order valence-electron chi connectivity index (χ3n) is 4.79. The largest absolute Gasteiger partial charge is 0.315 e. The predicted octanol–water partition coefficient (Wildman–Crippen LogP) is 3.52. The number of nitrogens with zero attached hydrogens (tertiary/aromatic N) is 2. The summed E-state index contributed by atoms with van der Waals surface area (Å²) >= 11 is 7.05. The lowest BCUT2D eigenvalue weighted by molar-refractivity contribution is -0.121. The van der Waals surface area contributed by atoms with Gasteiger partial charge in [-0.25, -0.2) is 12.8 Å². The topological polar surface area (TPSA) is 66.8 Å². The molecule has 142 valence electrons. The highest BCUT2D eigenvalue weighted by atomic mass is 35.5. The van der Waals surface area contributed by atoms with E-state index in [0.29, 0.717) is 23.7 Å². The van der Waals surface area contributed by atoms with E-state index in [4.69, 9.17) is 11.6 Å². The van der Waals surface area contributed by atoms with Gasteiger partial charge in [0.25, 0.3) is 5.91 Å². The van der Waals surface area contributed by atoms with Crippen LogP contribution in [0.2, 0.25) is 5.02 Å². The van der Waals surface area contributed by atoms with Gasteiger partial charge in [0.05, 0.1) is 22.6 Å². The fraction of sp³-hybridized carbons (Fsp3) is 0.529. The van der Waals surface area contributed by atoms with Crippen molar-refractivity contribution in [3.05, 3.63) is 29.0 Å². The second-order valence-electron chi connectivity index (χ2n) is 6.52. The first-order valence-electron chi connectivity index (χ1n) is 8.49. The Balaban J connectivity index is 2.01. The number of hydrogen-bond acceptors (Lipinski definition) is 4. The average Bonchev–Trinajstić information content (AvgIpc) is 3.02. The van der Waals surface area contributed by atoms with Gasteiger partial charge in [-0.1, -0.05) is 37.2 Å². The van der Waals surface area contributed by atoms with Gasteiger partial charge in [0, 0.05) is 16.9 Å². The number of hydrogen-bond donors (Lipinski definition) is 0. The van der Waals surface area contributed by atoms with Crippen molar-refractivity contribution in [1.82, 2.24) is 0 Å². The molecule has 5 nitrogen and oxygen atoms in total. The minimum absolute atomic E-state index is 0.0113. The van der Waals surface area contributed by atoms with E-state index in [1.54, 1.807) is 11.0 Å². The smallest absolute Gasteiger partial charge is 0.251 e. The van der Waals surface area contributed by atoms with Crippen molar-refractivity contribution >= 4 is 50.0 Å². The molecule has 1 aromatic carbocycles. The lowest BCUT2D eigenvalue weighted by atomic mass is 10.0. The minimum atomic E-state index is -3.16. The third kappa shape index (κ3) is 3.77. The number of fused-ring (bicyclic) bond motifs is 1. The highest BCUT2D eigenvalue weighted by Crippen LogP contribution is 2.41. The number of amidine groups is 1. The summed E-state index contributed by atoms with van der Waals surface area (Å²) < 4.78 is 38.0. The van der Waals surface area contributed by atoms with Gasteiger partial charge < -0.3 is 4.90 Å². The van der Waals surface area contributed by atoms with E-state index in [1.165, 1.54) is 23.9 Å². The SMILES string of the molecule is CCC(CC)C(=O)N=C1SC2CS(=O)(=O)CC2N1c1ccc(Cl)c(F)c1. The molecule has 0 aromatic heterocycles. The number of aliphatic imine (C=N–C) groups is 1. The first-order valence-corrected chi connectivity index (χ1v) is 11.6. The predicted molar refractivity (Wildman–Crippen MR) is 104 cm³/mol. The molecule has 1 amide bonds. The number of sulfone groups is 1. The lowest BCUT2D eigenvalue weighted by Crippen LogP contribution is -2.38. The van der Waals surface area contributed by atoms with Crippen LogP contribution in [0.4, 0.5) is 10.1 Å². The van der Waals surface area contributed by atoms with Crippen molar-refractivity contribution in [2.75, 3.05) is 16.4 Å². The van der Waals surface area contributed by atoms with Crippen molar-refractivity contribution in [2.45, 2.75) is 38.0 Å². The van der Waals surface area contributed by atoms with Gasteiger partial charge in [-0.2, -0.15) is 4.99 Å². The number of carbonyl (C=O) groups excluding carboxylic acids is 1. The first-order chi connectivity index (χ1) is 12.3. The number of amides is 1. The Morgan fingerprint density at radius 2 is 2.08 bits per heavy atom. The Bertz CT molecular complexity index is 856. The molecule has 0 N–H and O–H groups in total. The number of benzene rings is 1. The lowest BCUT2D eigenvalue weighted by Gasteiger charge is -2.25. The van der Waals surface area contributed by atoms with E-state index < -0.39 is 15.7 Å². The van der Waals surface area contributed by atoms with Gasteiger partial charge in [0.15, 0.2) is 15.0 Å². The molecule has 0 saturated carbocycles. The summed E-state index contributed by atoms with van der Waals surface area (Å²) in [4.78, 5) is 18.4. The van der Waals surface area contributed by atoms with Crippen LogP contribution in [0.3, 0.4) is 0 Å². The number of rotatable bonds is 4. The Kier molecular flexibility index (Phi) is 5.65.